The fourth-order valence-corrected chi connectivity index (χ4v) is 3.38. The standard InChI is InChI=1S/C17H36N2/c1-13(2)17(14(3)4)12-18-16-8-7-10-19(11-9-16)15(5)6/h13-18H,7-12H2,1-6H3. The molecule has 114 valence electrons. The van der Waals surface area contributed by atoms with E-state index < -0.39 is 0 Å². The second-order valence-electron chi connectivity index (χ2n) is 7.32. The summed E-state index contributed by atoms with van der Waals surface area (Å²) in [6.07, 6.45) is 4.02. The van der Waals surface area contributed by atoms with Crippen LogP contribution in [-0.2, 0) is 0 Å². The predicted octanol–water partition coefficient (Wildman–Crippen LogP) is 3.77. The molecule has 1 N–H and O–H groups in total. The van der Waals surface area contributed by atoms with Crippen LogP contribution in [0.4, 0.5) is 0 Å². The highest BCUT2D eigenvalue weighted by molar-refractivity contribution is 4.78. The zero-order chi connectivity index (χ0) is 14.4. The van der Waals surface area contributed by atoms with Crippen molar-refractivity contribution in [2.75, 3.05) is 19.6 Å². The lowest BCUT2D eigenvalue weighted by molar-refractivity contribution is 0.226. The number of nitrogens with zero attached hydrogens (tertiary/aromatic N) is 1. The average Bonchev–Trinajstić information content (AvgIpc) is 2.53. The largest absolute Gasteiger partial charge is 0.314 e. The Morgan fingerprint density at radius 1 is 0.947 bits per heavy atom. The number of rotatable bonds is 6. The van der Waals surface area contributed by atoms with E-state index in [4.69, 9.17) is 0 Å². The molecule has 0 saturated carbocycles. The van der Waals surface area contributed by atoms with Crippen LogP contribution in [0.3, 0.4) is 0 Å². The third-order valence-corrected chi connectivity index (χ3v) is 4.85. The lowest BCUT2D eigenvalue weighted by Crippen LogP contribution is -2.38. The van der Waals surface area contributed by atoms with Crippen LogP contribution in [-0.4, -0.2) is 36.6 Å². The summed E-state index contributed by atoms with van der Waals surface area (Å²) in [5.74, 6) is 2.38. The lowest BCUT2D eigenvalue weighted by Gasteiger charge is -2.28. The van der Waals surface area contributed by atoms with Gasteiger partial charge in [0, 0.05) is 12.1 Å². The van der Waals surface area contributed by atoms with E-state index in [0.717, 1.165) is 23.8 Å². The molecule has 0 spiro atoms. The van der Waals surface area contributed by atoms with E-state index in [9.17, 15) is 0 Å². The van der Waals surface area contributed by atoms with Gasteiger partial charge >= 0.3 is 0 Å². The van der Waals surface area contributed by atoms with Crippen LogP contribution in [0.1, 0.15) is 60.8 Å². The van der Waals surface area contributed by atoms with Crippen molar-refractivity contribution in [2.45, 2.75) is 72.9 Å². The molecule has 1 rings (SSSR count). The summed E-state index contributed by atoms with van der Waals surface area (Å²) in [6.45, 7) is 17.8. The van der Waals surface area contributed by atoms with E-state index in [0.29, 0.717) is 6.04 Å². The molecule has 1 unspecified atom stereocenters. The van der Waals surface area contributed by atoms with Gasteiger partial charge in [0.2, 0.25) is 0 Å². The Hall–Kier alpha value is -0.0800. The summed E-state index contributed by atoms with van der Waals surface area (Å²) in [5.41, 5.74) is 0. The SMILES string of the molecule is CC(C)C(CNC1CCCN(C(C)C)CC1)C(C)C. The number of nitrogens with one attached hydrogen (secondary N) is 1. The first kappa shape index (κ1) is 17.0. The molecule has 19 heavy (non-hydrogen) atoms. The molecule has 0 amide bonds. The first-order valence-electron chi connectivity index (χ1n) is 8.39. The summed E-state index contributed by atoms with van der Waals surface area (Å²) < 4.78 is 0. The summed E-state index contributed by atoms with van der Waals surface area (Å²) in [5, 5.41) is 3.86. The third-order valence-electron chi connectivity index (χ3n) is 4.85. The van der Waals surface area contributed by atoms with Gasteiger partial charge in [-0.1, -0.05) is 27.7 Å². The van der Waals surface area contributed by atoms with Gasteiger partial charge in [-0.3, -0.25) is 0 Å². The van der Waals surface area contributed by atoms with Crippen LogP contribution in [0.5, 0.6) is 0 Å². The number of likely N-dealkylation sites (tertiary alicyclic amines) is 1. The third kappa shape index (κ3) is 5.83. The molecule has 1 atom stereocenters. The maximum absolute atomic E-state index is 3.86. The molecule has 1 heterocycles. The molecule has 1 aliphatic rings. The zero-order valence-electron chi connectivity index (χ0n) is 14.1. The van der Waals surface area contributed by atoms with Crippen molar-refractivity contribution in [3.05, 3.63) is 0 Å². The molecule has 0 radical (unpaired) electrons. The molecule has 0 bridgehead atoms. The van der Waals surface area contributed by atoms with E-state index in [1.54, 1.807) is 0 Å². The van der Waals surface area contributed by atoms with Crippen molar-refractivity contribution in [1.29, 1.82) is 0 Å². The minimum Gasteiger partial charge on any atom is -0.314 e. The predicted molar refractivity (Wildman–Crippen MR) is 85.5 cm³/mol. The average molecular weight is 268 g/mol. The van der Waals surface area contributed by atoms with E-state index in [1.165, 1.54) is 38.9 Å². The van der Waals surface area contributed by atoms with Gasteiger partial charge in [0.25, 0.3) is 0 Å². The van der Waals surface area contributed by atoms with Gasteiger partial charge in [0.15, 0.2) is 0 Å². The maximum Gasteiger partial charge on any atom is 0.00798 e. The second kappa shape index (κ2) is 8.26. The van der Waals surface area contributed by atoms with Gasteiger partial charge in [0.1, 0.15) is 0 Å². The molecule has 2 nitrogen and oxygen atoms in total. The van der Waals surface area contributed by atoms with Gasteiger partial charge in [-0.25, -0.2) is 0 Å². The van der Waals surface area contributed by atoms with E-state index in [2.05, 4.69) is 51.8 Å². The van der Waals surface area contributed by atoms with E-state index >= 15 is 0 Å². The smallest absolute Gasteiger partial charge is 0.00798 e. The Kier molecular flexibility index (Phi) is 7.38. The molecule has 0 aliphatic carbocycles. The molecule has 1 aliphatic heterocycles. The Labute approximate surface area is 121 Å². The Balaban J connectivity index is 2.37. The first-order chi connectivity index (χ1) is 8.91. The monoisotopic (exact) mass is 268 g/mol. The molecule has 0 aromatic rings. The second-order valence-corrected chi connectivity index (χ2v) is 7.32. The minimum absolute atomic E-state index is 0.706. The van der Waals surface area contributed by atoms with Crippen LogP contribution in [0.15, 0.2) is 0 Å². The Morgan fingerprint density at radius 2 is 1.58 bits per heavy atom. The summed E-state index contributed by atoms with van der Waals surface area (Å²) in [4.78, 5) is 2.63. The van der Waals surface area contributed by atoms with Crippen LogP contribution in [0.2, 0.25) is 0 Å². The van der Waals surface area contributed by atoms with Gasteiger partial charge in [-0.2, -0.15) is 0 Å². The number of hydrogen-bond acceptors (Lipinski definition) is 2. The summed E-state index contributed by atoms with van der Waals surface area (Å²) in [6, 6.07) is 1.45. The fourth-order valence-electron chi connectivity index (χ4n) is 3.38. The van der Waals surface area contributed by atoms with Crippen LogP contribution >= 0.6 is 0 Å². The van der Waals surface area contributed by atoms with Gasteiger partial charge < -0.3 is 10.2 Å². The quantitative estimate of drug-likeness (QED) is 0.789. The Morgan fingerprint density at radius 3 is 2.11 bits per heavy atom. The van der Waals surface area contributed by atoms with Gasteiger partial charge in [0.05, 0.1) is 0 Å². The van der Waals surface area contributed by atoms with Crippen LogP contribution in [0, 0.1) is 17.8 Å². The molecule has 0 aromatic carbocycles. The highest BCUT2D eigenvalue weighted by Gasteiger charge is 2.21. The molecule has 1 fully saturated rings. The van der Waals surface area contributed by atoms with E-state index in [-0.39, 0.29) is 0 Å². The topological polar surface area (TPSA) is 15.3 Å². The van der Waals surface area contributed by atoms with Crippen molar-refractivity contribution >= 4 is 0 Å². The zero-order valence-corrected chi connectivity index (χ0v) is 14.1. The minimum atomic E-state index is 0.706. The maximum atomic E-state index is 3.86. The fraction of sp³-hybridized carbons (Fsp3) is 1.00. The summed E-state index contributed by atoms with van der Waals surface area (Å²) in [7, 11) is 0. The molecule has 1 saturated heterocycles. The van der Waals surface area contributed by atoms with Crippen LogP contribution < -0.4 is 5.32 Å². The van der Waals surface area contributed by atoms with Gasteiger partial charge in [-0.05, 0) is 70.5 Å². The van der Waals surface area contributed by atoms with Crippen molar-refractivity contribution < 1.29 is 0 Å². The summed E-state index contributed by atoms with van der Waals surface area (Å²) >= 11 is 0. The normalized spacial score (nSPS) is 22.7. The van der Waals surface area contributed by atoms with Crippen LogP contribution in [0.25, 0.3) is 0 Å². The molecule has 0 aromatic heterocycles. The highest BCUT2D eigenvalue weighted by Crippen LogP contribution is 2.20. The van der Waals surface area contributed by atoms with Crippen molar-refractivity contribution in [2.24, 2.45) is 17.8 Å². The van der Waals surface area contributed by atoms with Crippen molar-refractivity contribution in [3.63, 3.8) is 0 Å². The van der Waals surface area contributed by atoms with Crippen molar-refractivity contribution in [1.82, 2.24) is 10.2 Å². The number of hydrogen-bond donors (Lipinski definition) is 1. The van der Waals surface area contributed by atoms with Gasteiger partial charge in [-0.15, -0.1) is 0 Å². The van der Waals surface area contributed by atoms with Crippen molar-refractivity contribution in [3.8, 4) is 0 Å². The first-order valence-corrected chi connectivity index (χ1v) is 8.39. The molecule has 2 heteroatoms. The highest BCUT2D eigenvalue weighted by atomic mass is 15.1. The molecular weight excluding hydrogens is 232 g/mol. The molecular formula is C17H36N2. The lowest BCUT2D eigenvalue weighted by atomic mass is 9.85. The van der Waals surface area contributed by atoms with E-state index in [1.807, 2.05) is 0 Å². The Bertz CT molecular complexity index is 227.